The average molecular weight is 317 g/mol. The van der Waals surface area contributed by atoms with Crippen molar-refractivity contribution >= 4 is 22.6 Å². The van der Waals surface area contributed by atoms with E-state index >= 15 is 0 Å². The number of alkyl halides is 2. The molecule has 3 aromatic rings. The minimum absolute atomic E-state index is 0.0581. The molecule has 1 aliphatic heterocycles. The number of hydrogen-bond donors (Lipinski definition) is 0. The molecule has 0 atom stereocenters. The van der Waals surface area contributed by atoms with E-state index in [0.717, 1.165) is 11.1 Å². The third kappa shape index (κ3) is 1.70. The fourth-order valence-corrected chi connectivity index (χ4v) is 3.66. The summed E-state index contributed by atoms with van der Waals surface area (Å²) in [4.78, 5) is 4.90. The van der Waals surface area contributed by atoms with Gasteiger partial charge in [0.2, 0.25) is 0 Å². The van der Waals surface area contributed by atoms with Crippen LogP contribution in [0.3, 0.4) is 0 Å². The highest BCUT2D eigenvalue weighted by Crippen LogP contribution is 2.48. The van der Waals surface area contributed by atoms with Crippen LogP contribution in [-0.4, -0.2) is 20.9 Å². The van der Waals surface area contributed by atoms with Crippen molar-refractivity contribution in [3.8, 4) is 0 Å². The highest BCUT2D eigenvalue weighted by atomic mass is 32.1. The molecule has 0 aliphatic carbocycles. The molecule has 0 aromatic carbocycles. The zero-order chi connectivity index (χ0) is 15.5. The number of aliphatic imine (C=N–C) groups is 1. The Kier molecular flexibility index (Phi) is 2.61. The van der Waals surface area contributed by atoms with E-state index in [1.165, 1.54) is 31.3 Å². The Hall–Kier alpha value is -2.08. The summed E-state index contributed by atoms with van der Waals surface area (Å²) in [6.45, 7) is 2.94. The lowest BCUT2D eigenvalue weighted by Gasteiger charge is -2.35. The largest absolute Gasteiger partial charge is 0.298 e. The van der Waals surface area contributed by atoms with Crippen molar-refractivity contribution in [1.29, 1.82) is 0 Å². The molecular weight excluding hydrogens is 304 g/mol. The van der Waals surface area contributed by atoms with Gasteiger partial charge in [-0.2, -0.15) is 13.9 Å². The standard InChI is InChI=1S/C16H13F2N3S/c1-15(2)16(17,18)12-5-7-22-14(12)13(20-15)10-8-11-4-3-6-21(11)19-9-10/h3-9H,1-2H3. The molecule has 0 unspecified atom stereocenters. The first-order valence-corrected chi connectivity index (χ1v) is 7.78. The zero-order valence-corrected chi connectivity index (χ0v) is 12.9. The first-order valence-electron chi connectivity index (χ1n) is 6.90. The molecule has 0 saturated carbocycles. The normalized spacial score (nSPS) is 19.0. The second-order valence-electron chi connectivity index (χ2n) is 5.88. The van der Waals surface area contributed by atoms with E-state index in [1.807, 2.05) is 24.4 Å². The summed E-state index contributed by atoms with van der Waals surface area (Å²) < 4.78 is 30.9. The van der Waals surface area contributed by atoms with Gasteiger partial charge in [0, 0.05) is 17.3 Å². The van der Waals surface area contributed by atoms with Gasteiger partial charge in [0.05, 0.1) is 22.3 Å². The number of halogens is 2. The molecule has 4 rings (SSSR count). The Bertz CT molecular complexity index is 905. The lowest BCUT2D eigenvalue weighted by Crippen LogP contribution is -2.43. The zero-order valence-electron chi connectivity index (χ0n) is 12.0. The van der Waals surface area contributed by atoms with Crippen molar-refractivity contribution in [2.24, 2.45) is 4.99 Å². The first-order chi connectivity index (χ1) is 10.4. The molecule has 3 aromatic heterocycles. The second kappa shape index (κ2) is 4.23. The molecule has 0 bridgehead atoms. The Morgan fingerprint density at radius 3 is 2.86 bits per heavy atom. The van der Waals surface area contributed by atoms with Gasteiger partial charge in [-0.05, 0) is 43.5 Å². The van der Waals surface area contributed by atoms with Gasteiger partial charge in [-0.1, -0.05) is 0 Å². The van der Waals surface area contributed by atoms with Crippen LogP contribution in [0.5, 0.6) is 0 Å². The highest BCUT2D eigenvalue weighted by molar-refractivity contribution is 7.12. The summed E-state index contributed by atoms with van der Waals surface area (Å²) >= 11 is 1.29. The van der Waals surface area contributed by atoms with Crippen LogP contribution >= 0.6 is 11.3 Å². The van der Waals surface area contributed by atoms with Crippen LogP contribution in [0.25, 0.3) is 5.52 Å². The molecule has 0 radical (unpaired) electrons. The van der Waals surface area contributed by atoms with Crippen LogP contribution in [-0.2, 0) is 5.92 Å². The van der Waals surface area contributed by atoms with E-state index in [0.29, 0.717) is 10.6 Å². The Labute approximate surface area is 129 Å². The van der Waals surface area contributed by atoms with E-state index < -0.39 is 11.5 Å². The Balaban J connectivity index is 1.96. The summed E-state index contributed by atoms with van der Waals surface area (Å²) in [5.74, 6) is -2.97. The Morgan fingerprint density at radius 1 is 1.23 bits per heavy atom. The van der Waals surface area contributed by atoms with Crippen LogP contribution < -0.4 is 0 Å². The minimum Gasteiger partial charge on any atom is -0.270 e. The number of hydrogen-bond acceptors (Lipinski definition) is 3. The van der Waals surface area contributed by atoms with E-state index in [2.05, 4.69) is 10.1 Å². The molecule has 22 heavy (non-hydrogen) atoms. The smallest absolute Gasteiger partial charge is 0.270 e. The number of fused-ring (bicyclic) bond motifs is 2. The lowest BCUT2D eigenvalue weighted by atomic mass is 9.86. The van der Waals surface area contributed by atoms with Crippen molar-refractivity contribution in [2.75, 3.05) is 0 Å². The van der Waals surface area contributed by atoms with E-state index in [4.69, 9.17) is 0 Å². The van der Waals surface area contributed by atoms with Gasteiger partial charge in [-0.15, -0.1) is 11.3 Å². The van der Waals surface area contributed by atoms with Gasteiger partial charge in [0.1, 0.15) is 5.54 Å². The van der Waals surface area contributed by atoms with Gasteiger partial charge >= 0.3 is 0 Å². The van der Waals surface area contributed by atoms with Crippen LogP contribution in [0.4, 0.5) is 8.78 Å². The fraction of sp³-hybridized carbons (Fsp3) is 0.250. The second-order valence-corrected chi connectivity index (χ2v) is 6.80. The molecule has 3 nitrogen and oxygen atoms in total. The highest BCUT2D eigenvalue weighted by Gasteiger charge is 2.53. The molecule has 0 N–H and O–H groups in total. The van der Waals surface area contributed by atoms with Crippen LogP contribution in [0.2, 0.25) is 0 Å². The maximum atomic E-state index is 14.6. The maximum absolute atomic E-state index is 14.6. The van der Waals surface area contributed by atoms with Crippen molar-refractivity contribution in [3.05, 3.63) is 58.0 Å². The molecule has 4 heterocycles. The van der Waals surface area contributed by atoms with Crippen molar-refractivity contribution in [3.63, 3.8) is 0 Å². The molecule has 6 heteroatoms. The first kappa shape index (κ1) is 13.6. The summed E-state index contributed by atoms with van der Waals surface area (Å²) in [6, 6.07) is 7.24. The SMILES string of the molecule is CC1(C)N=C(c2cnn3cccc3c2)c2sccc2C1(F)F. The average Bonchev–Trinajstić information content (AvgIpc) is 3.11. The van der Waals surface area contributed by atoms with E-state index in [9.17, 15) is 8.78 Å². The van der Waals surface area contributed by atoms with Crippen molar-refractivity contribution in [1.82, 2.24) is 9.61 Å². The third-order valence-corrected chi connectivity index (χ3v) is 4.96. The molecule has 1 aliphatic rings. The predicted octanol–water partition coefficient (Wildman–Crippen LogP) is 4.12. The summed E-state index contributed by atoms with van der Waals surface area (Å²) in [5, 5.41) is 6.00. The molecular formula is C16H13F2N3S. The van der Waals surface area contributed by atoms with E-state index in [-0.39, 0.29) is 5.56 Å². The van der Waals surface area contributed by atoms with E-state index in [1.54, 1.807) is 16.1 Å². The van der Waals surface area contributed by atoms with Crippen molar-refractivity contribution < 1.29 is 8.78 Å². The van der Waals surface area contributed by atoms with Crippen LogP contribution in [0.1, 0.15) is 29.9 Å². The van der Waals surface area contributed by atoms with Gasteiger partial charge in [0.15, 0.2) is 0 Å². The molecule has 0 amide bonds. The molecule has 0 fully saturated rings. The number of nitrogens with zero attached hydrogens (tertiary/aromatic N) is 3. The number of thiophene rings is 1. The van der Waals surface area contributed by atoms with Gasteiger partial charge < -0.3 is 0 Å². The number of rotatable bonds is 1. The number of aromatic nitrogens is 2. The van der Waals surface area contributed by atoms with Gasteiger partial charge in [0.25, 0.3) is 5.92 Å². The third-order valence-electron chi connectivity index (χ3n) is 4.04. The fourth-order valence-electron chi connectivity index (χ4n) is 2.72. The summed E-state index contributed by atoms with van der Waals surface area (Å²) in [7, 11) is 0. The van der Waals surface area contributed by atoms with Crippen LogP contribution in [0, 0.1) is 0 Å². The molecule has 0 spiro atoms. The monoisotopic (exact) mass is 317 g/mol. The predicted molar refractivity (Wildman–Crippen MR) is 83.1 cm³/mol. The maximum Gasteiger partial charge on any atom is 0.298 e. The minimum atomic E-state index is -2.97. The molecule has 0 saturated heterocycles. The topological polar surface area (TPSA) is 29.7 Å². The summed E-state index contributed by atoms with van der Waals surface area (Å²) in [5.41, 5.74) is 0.844. The van der Waals surface area contributed by atoms with Crippen molar-refractivity contribution in [2.45, 2.75) is 25.3 Å². The summed E-state index contributed by atoms with van der Waals surface area (Å²) in [6.07, 6.45) is 3.52. The quantitative estimate of drug-likeness (QED) is 0.664. The Morgan fingerprint density at radius 2 is 2.05 bits per heavy atom. The molecule has 112 valence electrons. The van der Waals surface area contributed by atoms with Gasteiger partial charge in [-0.3, -0.25) is 4.99 Å². The lowest BCUT2D eigenvalue weighted by molar-refractivity contribution is -0.0677. The van der Waals surface area contributed by atoms with Crippen LogP contribution in [0.15, 0.2) is 47.0 Å². The van der Waals surface area contributed by atoms with Gasteiger partial charge in [-0.25, -0.2) is 4.52 Å².